The summed E-state index contributed by atoms with van der Waals surface area (Å²) < 4.78 is 6.29. The van der Waals surface area contributed by atoms with Gasteiger partial charge < -0.3 is 0 Å². The van der Waals surface area contributed by atoms with E-state index in [1.807, 2.05) is 4.68 Å². The van der Waals surface area contributed by atoms with Gasteiger partial charge in [0.05, 0.1) is 6.04 Å². The molecule has 1 fully saturated rings. The minimum absolute atomic E-state index is 0.488. The molecule has 1 aliphatic carbocycles. The Balaban J connectivity index is 1.70. The number of rotatable bonds is 4. The lowest BCUT2D eigenvalue weighted by Gasteiger charge is -1.99. The van der Waals surface area contributed by atoms with Crippen LogP contribution in [0.15, 0.2) is 5.16 Å². The van der Waals surface area contributed by atoms with Gasteiger partial charge in [-0.15, -0.1) is 10.2 Å². The topological polar surface area (TPSA) is 69.4 Å². The van der Waals surface area contributed by atoms with Gasteiger partial charge in [-0.1, -0.05) is 27.9 Å². The van der Waals surface area contributed by atoms with E-state index >= 15 is 0 Å². The molecule has 0 spiro atoms. The maximum atomic E-state index is 5.92. The van der Waals surface area contributed by atoms with Gasteiger partial charge in [-0.25, -0.2) is 4.68 Å². The van der Waals surface area contributed by atoms with E-state index in [2.05, 4.69) is 25.1 Å². The third kappa shape index (κ3) is 2.04. The molecule has 0 N–H and O–H groups in total. The molecular weight excluding hydrogens is 268 g/mol. The number of tetrazole rings is 1. The standard InChI is InChI=1S/C7H7ClN6S2/c8-6-5(9-13-16-6)3-15-7-10-11-12-14(7)4-1-2-4/h4H,1-3H2. The Labute approximate surface area is 105 Å². The number of halogens is 1. The monoisotopic (exact) mass is 274 g/mol. The molecule has 2 aromatic rings. The summed E-state index contributed by atoms with van der Waals surface area (Å²) in [6, 6.07) is 0.488. The second kappa shape index (κ2) is 4.27. The van der Waals surface area contributed by atoms with E-state index in [1.165, 1.54) is 11.5 Å². The second-order valence-electron chi connectivity index (χ2n) is 3.42. The first-order valence-corrected chi connectivity index (χ1v) is 6.85. The zero-order valence-corrected chi connectivity index (χ0v) is 10.5. The molecule has 3 rings (SSSR count). The van der Waals surface area contributed by atoms with E-state index in [0.29, 0.717) is 16.1 Å². The lowest BCUT2D eigenvalue weighted by Crippen LogP contribution is -1.98. The molecule has 1 saturated carbocycles. The van der Waals surface area contributed by atoms with Crippen LogP contribution in [0.3, 0.4) is 0 Å². The molecule has 9 heteroatoms. The van der Waals surface area contributed by atoms with E-state index in [0.717, 1.165) is 23.7 Å². The average molecular weight is 275 g/mol. The number of aromatic nitrogens is 6. The van der Waals surface area contributed by atoms with E-state index < -0.39 is 0 Å². The number of hydrogen-bond acceptors (Lipinski definition) is 7. The third-order valence-electron chi connectivity index (χ3n) is 2.20. The van der Waals surface area contributed by atoms with Gasteiger partial charge in [0.25, 0.3) is 0 Å². The summed E-state index contributed by atoms with van der Waals surface area (Å²) in [4.78, 5) is 0. The quantitative estimate of drug-likeness (QED) is 0.792. The zero-order chi connectivity index (χ0) is 11.0. The van der Waals surface area contributed by atoms with Gasteiger partial charge in [-0.05, 0) is 23.3 Å². The molecule has 6 nitrogen and oxygen atoms in total. The van der Waals surface area contributed by atoms with Crippen LogP contribution in [0.25, 0.3) is 0 Å². The van der Waals surface area contributed by atoms with E-state index in [4.69, 9.17) is 11.6 Å². The maximum Gasteiger partial charge on any atom is 0.209 e. The summed E-state index contributed by atoms with van der Waals surface area (Å²) >= 11 is 8.65. The summed E-state index contributed by atoms with van der Waals surface area (Å²) in [5.74, 6) is 0.655. The molecule has 1 aliphatic rings. The highest BCUT2D eigenvalue weighted by Gasteiger charge is 2.28. The van der Waals surface area contributed by atoms with Gasteiger partial charge in [-0.3, -0.25) is 0 Å². The fraction of sp³-hybridized carbons (Fsp3) is 0.571. The summed E-state index contributed by atoms with van der Waals surface area (Å²) in [6.45, 7) is 0. The van der Waals surface area contributed by atoms with Crippen LogP contribution in [0.1, 0.15) is 24.6 Å². The summed E-state index contributed by atoms with van der Waals surface area (Å²) in [6.07, 6.45) is 2.33. The van der Waals surface area contributed by atoms with Crippen molar-refractivity contribution in [2.45, 2.75) is 29.8 Å². The summed E-state index contributed by atoms with van der Waals surface area (Å²) in [5.41, 5.74) is 0.794. The molecule has 0 bridgehead atoms. The van der Waals surface area contributed by atoms with Gasteiger partial charge in [0, 0.05) is 17.3 Å². The van der Waals surface area contributed by atoms with Crippen molar-refractivity contribution in [2.24, 2.45) is 0 Å². The van der Waals surface area contributed by atoms with Crippen molar-refractivity contribution in [2.75, 3.05) is 0 Å². The Hall–Kier alpha value is -0.730. The minimum Gasteiger partial charge on any atom is -0.217 e. The molecule has 0 aromatic carbocycles. The van der Waals surface area contributed by atoms with Gasteiger partial charge in [0.2, 0.25) is 5.16 Å². The van der Waals surface area contributed by atoms with Gasteiger partial charge >= 0.3 is 0 Å². The zero-order valence-electron chi connectivity index (χ0n) is 8.08. The van der Waals surface area contributed by atoms with Crippen LogP contribution in [0.5, 0.6) is 0 Å². The first kappa shape index (κ1) is 10.4. The minimum atomic E-state index is 0.488. The fourth-order valence-electron chi connectivity index (χ4n) is 1.24. The highest BCUT2D eigenvalue weighted by atomic mass is 35.5. The predicted octanol–water partition coefficient (Wildman–Crippen LogP) is 1.81. The highest BCUT2D eigenvalue weighted by molar-refractivity contribution is 7.98. The molecule has 16 heavy (non-hydrogen) atoms. The lowest BCUT2D eigenvalue weighted by molar-refractivity contribution is 0.565. The van der Waals surface area contributed by atoms with Crippen molar-refractivity contribution < 1.29 is 0 Å². The molecule has 0 amide bonds. The molecule has 84 valence electrons. The van der Waals surface area contributed by atoms with Crippen molar-refractivity contribution in [1.29, 1.82) is 0 Å². The summed E-state index contributed by atoms with van der Waals surface area (Å²) in [5, 5.41) is 16.4. The van der Waals surface area contributed by atoms with Crippen molar-refractivity contribution >= 4 is 34.9 Å². The summed E-state index contributed by atoms with van der Waals surface area (Å²) in [7, 11) is 0. The smallest absolute Gasteiger partial charge is 0.209 e. The van der Waals surface area contributed by atoms with Crippen molar-refractivity contribution in [3.05, 3.63) is 10.0 Å². The average Bonchev–Trinajstić information content (AvgIpc) is 2.88. The van der Waals surface area contributed by atoms with E-state index in [-0.39, 0.29) is 0 Å². The fourth-order valence-corrected chi connectivity index (χ4v) is 2.92. The Kier molecular flexibility index (Phi) is 2.78. The van der Waals surface area contributed by atoms with Crippen LogP contribution in [-0.2, 0) is 5.75 Å². The van der Waals surface area contributed by atoms with Crippen LogP contribution in [-0.4, -0.2) is 29.8 Å². The first-order chi connectivity index (χ1) is 7.84. The molecule has 0 atom stereocenters. The van der Waals surface area contributed by atoms with Crippen LogP contribution < -0.4 is 0 Å². The van der Waals surface area contributed by atoms with Crippen molar-refractivity contribution in [3.8, 4) is 0 Å². The van der Waals surface area contributed by atoms with Gasteiger partial charge in [-0.2, -0.15) is 0 Å². The molecule has 2 heterocycles. The number of nitrogens with zero attached hydrogens (tertiary/aromatic N) is 6. The largest absolute Gasteiger partial charge is 0.217 e. The van der Waals surface area contributed by atoms with E-state index in [1.54, 1.807) is 11.8 Å². The SMILES string of the molecule is Clc1snnc1CSc1nnnn1C1CC1. The molecular formula is C7H7ClN6S2. The molecule has 0 unspecified atom stereocenters. The maximum absolute atomic E-state index is 5.92. The normalized spacial score (nSPS) is 15.6. The Morgan fingerprint density at radius 3 is 3.00 bits per heavy atom. The Morgan fingerprint density at radius 2 is 2.31 bits per heavy atom. The highest BCUT2D eigenvalue weighted by Crippen LogP contribution is 2.37. The second-order valence-corrected chi connectivity index (χ2v) is 5.72. The van der Waals surface area contributed by atoms with Crippen molar-refractivity contribution in [1.82, 2.24) is 29.8 Å². The van der Waals surface area contributed by atoms with E-state index in [9.17, 15) is 0 Å². The first-order valence-electron chi connectivity index (χ1n) is 4.72. The van der Waals surface area contributed by atoms with Crippen LogP contribution in [0.2, 0.25) is 4.34 Å². The number of hydrogen-bond donors (Lipinski definition) is 0. The molecule has 2 aromatic heterocycles. The molecule has 0 aliphatic heterocycles. The third-order valence-corrected chi connectivity index (χ3v) is 4.13. The van der Waals surface area contributed by atoms with Gasteiger partial charge in [0.1, 0.15) is 10.0 Å². The van der Waals surface area contributed by atoms with Gasteiger partial charge in [0.15, 0.2) is 0 Å². The number of thioether (sulfide) groups is 1. The molecule has 0 radical (unpaired) electrons. The van der Waals surface area contributed by atoms with Crippen LogP contribution >= 0.6 is 34.9 Å². The Bertz CT molecular complexity index is 493. The molecule has 0 saturated heterocycles. The van der Waals surface area contributed by atoms with Crippen LogP contribution in [0.4, 0.5) is 0 Å². The van der Waals surface area contributed by atoms with Crippen LogP contribution in [0, 0.1) is 0 Å². The predicted molar refractivity (Wildman–Crippen MR) is 60.6 cm³/mol. The lowest BCUT2D eigenvalue weighted by atomic mass is 10.6. The van der Waals surface area contributed by atoms with Crippen molar-refractivity contribution in [3.63, 3.8) is 0 Å². The Morgan fingerprint density at radius 1 is 1.44 bits per heavy atom.